The van der Waals surface area contributed by atoms with Gasteiger partial charge < -0.3 is 10.6 Å². The first-order valence-corrected chi connectivity index (χ1v) is 11.6. The summed E-state index contributed by atoms with van der Waals surface area (Å²) in [4.78, 5) is 12.8. The second kappa shape index (κ2) is 8.69. The van der Waals surface area contributed by atoms with Crippen LogP contribution in [-0.4, -0.2) is 49.3 Å². The normalized spacial score (nSPS) is 30.5. The second-order valence-electron chi connectivity index (χ2n) is 8.26. The Morgan fingerprint density at radius 3 is 2.32 bits per heavy atom. The van der Waals surface area contributed by atoms with Crippen molar-refractivity contribution >= 4 is 28.3 Å². The van der Waals surface area contributed by atoms with Crippen molar-refractivity contribution in [1.82, 2.24) is 14.9 Å². The smallest absolute Gasteiger partial charge is 0.251 e. The van der Waals surface area contributed by atoms with Crippen molar-refractivity contribution in [2.75, 3.05) is 6.54 Å². The predicted octanol–water partition coefficient (Wildman–Crippen LogP) is 2.68. The summed E-state index contributed by atoms with van der Waals surface area (Å²) in [6, 6.07) is 7.67. The van der Waals surface area contributed by atoms with Gasteiger partial charge in [-0.15, -0.1) is 12.4 Å². The third-order valence-electron chi connectivity index (χ3n) is 6.27. The Labute approximate surface area is 173 Å². The second-order valence-corrected chi connectivity index (χ2v) is 10.2. The Kier molecular flexibility index (Phi) is 6.69. The van der Waals surface area contributed by atoms with Gasteiger partial charge in [0.05, 0.1) is 4.90 Å². The number of benzene rings is 1. The van der Waals surface area contributed by atoms with Gasteiger partial charge >= 0.3 is 0 Å². The van der Waals surface area contributed by atoms with E-state index >= 15 is 0 Å². The SMILES string of the molecule is CC1CCCCN1S(=O)(=O)c1ccc(C(=O)NC2CC3CCC(C2)N3)cc1.Cl. The van der Waals surface area contributed by atoms with Gasteiger partial charge in [0.15, 0.2) is 0 Å². The summed E-state index contributed by atoms with van der Waals surface area (Å²) in [5.41, 5.74) is 0.520. The minimum atomic E-state index is -3.49. The summed E-state index contributed by atoms with van der Waals surface area (Å²) in [6.07, 6.45) is 7.21. The summed E-state index contributed by atoms with van der Waals surface area (Å²) in [5.74, 6) is -0.114. The first-order chi connectivity index (χ1) is 12.9. The number of amides is 1. The molecular formula is C20H30ClN3O3S. The summed E-state index contributed by atoms with van der Waals surface area (Å²) in [7, 11) is -3.49. The number of hydrogen-bond acceptors (Lipinski definition) is 4. The largest absolute Gasteiger partial charge is 0.349 e. The maximum Gasteiger partial charge on any atom is 0.251 e. The molecule has 3 atom stereocenters. The maximum atomic E-state index is 12.9. The van der Waals surface area contributed by atoms with Crippen LogP contribution in [0.15, 0.2) is 29.2 Å². The number of sulfonamides is 1. The lowest BCUT2D eigenvalue weighted by atomic mass is 9.99. The van der Waals surface area contributed by atoms with E-state index in [0.29, 0.717) is 24.2 Å². The van der Waals surface area contributed by atoms with Crippen molar-refractivity contribution in [2.45, 2.75) is 80.9 Å². The van der Waals surface area contributed by atoms with Crippen LogP contribution >= 0.6 is 12.4 Å². The maximum absolute atomic E-state index is 12.9. The highest BCUT2D eigenvalue weighted by atomic mass is 35.5. The predicted molar refractivity (Wildman–Crippen MR) is 111 cm³/mol. The van der Waals surface area contributed by atoms with E-state index in [0.717, 1.165) is 32.1 Å². The van der Waals surface area contributed by atoms with Crippen molar-refractivity contribution in [3.05, 3.63) is 29.8 Å². The Morgan fingerprint density at radius 2 is 1.71 bits per heavy atom. The number of nitrogens with one attached hydrogen (secondary N) is 2. The molecule has 28 heavy (non-hydrogen) atoms. The molecule has 3 heterocycles. The Bertz CT molecular complexity index is 787. The zero-order valence-corrected chi connectivity index (χ0v) is 17.9. The molecule has 0 saturated carbocycles. The molecule has 1 amide bonds. The van der Waals surface area contributed by atoms with Gasteiger partial charge in [-0.25, -0.2) is 8.42 Å². The molecule has 0 aliphatic carbocycles. The fourth-order valence-electron chi connectivity index (χ4n) is 4.79. The lowest BCUT2D eigenvalue weighted by Gasteiger charge is -2.32. The first-order valence-electron chi connectivity index (χ1n) is 10.1. The summed E-state index contributed by atoms with van der Waals surface area (Å²) in [5, 5.41) is 6.70. The molecule has 3 aliphatic heterocycles. The quantitative estimate of drug-likeness (QED) is 0.774. The Morgan fingerprint density at radius 1 is 1.07 bits per heavy atom. The molecule has 2 bridgehead atoms. The molecule has 4 rings (SSSR count). The number of carbonyl (C=O) groups is 1. The van der Waals surface area contributed by atoms with Crippen molar-refractivity contribution < 1.29 is 13.2 Å². The number of hydrogen-bond donors (Lipinski definition) is 2. The van der Waals surface area contributed by atoms with Crippen LogP contribution in [-0.2, 0) is 10.0 Å². The third-order valence-corrected chi connectivity index (χ3v) is 8.30. The van der Waals surface area contributed by atoms with E-state index in [1.807, 2.05) is 6.92 Å². The van der Waals surface area contributed by atoms with E-state index in [-0.39, 0.29) is 35.3 Å². The van der Waals surface area contributed by atoms with Crippen LogP contribution in [0.3, 0.4) is 0 Å². The van der Waals surface area contributed by atoms with E-state index in [2.05, 4.69) is 10.6 Å². The van der Waals surface area contributed by atoms with E-state index in [9.17, 15) is 13.2 Å². The molecule has 1 aromatic rings. The van der Waals surface area contributed by atoms with Gasteiger partial charge in [0.2, 0.25) is 10.0 Å². The van der Waals surface area contributed by atoms with Crippen molar-refractivity contribution in [3.8, 4) is 0 Å². The van der Waals surface area contributed by atoms with E-state index < -0.39 is 10.0 Å². The van der Waals surface area contributed by atoms with Crippen LogP contribution in [0.2, 0.25) is 0 Å². The highest BCUT2D eigenvalue weighted by Crippen LogP contribution is 2.27. The van der Waals surface area contributed by atoms with E-state index in [1.165, 1.54) is 12.8 Å². The molecule has 0 aromatic heterocycles. The van der Waals surface area contributed by atoms with Crippen LogP contribution < -0.4 is 10.6 Å². The molecule has 156 valence electrons. The molecular weight excluding hydrogens is 398 g/mol. The van der Waals surface area contributed by atoms with Crippen molar-refractivity contribution in [1.29, 1.82) is 0 Å². The average Bonchev–Trinajstić information content (AvgIpc) is 3.00. The molecule has 3 aliphatic rings. The molecule has 3 unspecified atom stereocenters. The fourth-order valence-corrected chi connectivity index (χ4v) is 6.49. The zero-order chi connectivity index (χ0) is 19.0. The van der Waals surface area contributed by atoms with Crippen LogP contribution in [0, 0.1) is 0 Å². The molecule has 0 spiro atoms. The molecule has 8 heteroatoms. The highest BCUT2D eigenvalue weighted by Gasteiger charge is 2.34. The first kappa shape index (κ1) is 21.6. The average molecular weight is 428 g/mol. The van der Waals surface area contributed by atoms with Gasteiger partial charge in [-0.05, 0) is 69.7 Å². The number of rotatable bonds is 4. The van der Waals surface area contributed by atoms with E-state index in [1.54, 1.807) is 28.6 Å². The number of nitrogens with zero attached hydrogens (tertiary/aromatic N) is 1. The highest BCUT2D eigenvalue weighted by molar-refractivity contribution is 7.89. The Balaban J connectivity index is 0.00000225. The van der Waals surface area contributed by atoms with Gasteiger partial charge in [-0.1, -0.05) is 6.42 Å². The minimum absolute atomic E-state index is 0. The molecule has 3 fully saturated rings. The fraction of sp³-hybridized carbons (Fsp3) is 0.650. The molecule has 2 N–H and O–H groups in total. The topological polar surface area (TPSA) is 78.5 Å². The third kappa shape index (κ3) is 4.37. The molecule has 1 aromatic carbocycles. The molecule has 6 nitrogen and oxygen atoms in total. The van der Waals surface area contributed by atoms with Gasteiger partial charge in [0.25, 0.3) is 5.91 Å². The van der Waals surface area contributed by atoms with Crippen LogP contribution in [0.1, 0.15) is 62.2 Å². The minimum Gasteiger partial charge on any atom is -0.349 e. The van der Waals surface area contributed by atoms with Gasteiger partial charge in [-0.3, -0.25) is 4.79 Å². The number of carbonyl (C=O) groups excluding carboxylic acids is 1. The zero-order valence-electron chi connectivity index (χ0n) is 16.3. The summed E-state index contributed by atoms with van der Waals surface area (Å²) >= 11 is 0. The summed E-state index contributed by atoms with van der Waals surface area (Å²) < 4.78 is 27.4. The number of piperidine rings is 2. The molecule has 0 radical (unpaired) electrons. The lowest BCUT2D eigenvalue weighted by Crippen LogP contribution is -2.48. The van der Waals surface area contributed by atoms with Crippen molar-refractivity contribution in [3.63, 3.8) is 0 Å². The van der Waals surface area contributed by atoms with Gasteiger partial charge in [-0.2, -0.15) is 4.31 Å². The lowest BCUT2D eigenvalue weighted by molar-refractivity contribution is 0.0924. The molecule has 3 saturated heterocycles. The van der Waals surface area contributed by atoms with Crippen LogP contribution in [0.4, 0.5) is 0 Å². The number of halogens is 1. The van der Waals surface area contributed by atoms with Gasteiger partial charge in [0, 0.05) is 36.3 Å². The standard InChI is InChI=1S/C20H29N3O3S.ClH/c1-14-4-2-3-11-23(14)27(25,26)19-9-5-15(6-10-19)20(24)22-18-12-16-7-8-17(13-18)21-16;/h5-6,9-10,14,16-18,21H,2-4,7-8,11-13H2,1H3,(H,22,24);1H. The van der Waals surface area contributed by atoms with Crippen LogP contribution in [0.5, 0.6) is 0 Å². The van der Waals surface area contributed by atoms with Crippen LogP contribution in [0.25, 0.3) is 0 Å². The van der Waals surface area contributed by atoms with Crippen molar-refractivity contribution in [2.24, 2.45) is 0 Å². The summed E-state index contributed by atoms with van der Waals surface area (Å²) in [6.45, 7) is 2.54. The van der Waals surface area contributed by atoms with Gasteiger partial charge in [0.1, 0.15) is 0 Å². The van der Waals surface area contributed by atoms with E-state index in [4.69, 9.17) is 0 Å². The Hall–Kier alpha value is -1.15. The monoisotopic (exact) mass is 427 g/mol. The number of fused-ring (bicyclic) bond motifs is 2.